The van der Waals surface area contributed by atoms with E-state index in [0.29, 0.717) is 17.3 Å². The Bertz CT molecular complexity index is 482. The maximum Gasteiger partial charge on any atom is 0.329 e. The van der Waals surface area contributed by atoms with Gasteiger partial charge in [0.15, 0.2) is 0 Å². The van der Waals surface area contributed by atoms with Crippen molar-refractivity contribution in [1.82, 2.24) is 4.90 Å². The minimum Gasteiger partial charge on any atom is -0.480 e. The summed E-state index contributed by atoms with van der Waals surface area (Å²) in [5, 5.41) is 9.40. The molecule has 4 aliphatic rings. The number of nitrogens with zero attached hydrogens (tertiary/aromatic N) is 1. The Morgan fingerprint density at radius 3 is 2.10 bits per heavy atom. The van der Waals surface area contributed by atoms with Gasteiger partial charge < -0.3 is 10.0 Å². The molecule has 21 heavy (non-hydrogen) atoms. The SMILES string of the molecule is CN(C(=O)C12CC3CC(CC(C)(C3)C1)C2)C(C)(C)C(=O)O. The van der Waals surface area contributed by atoms with Gasteiger partial charge in [-0.1, -0.05) is 6.92 Å². The molecule has 2 unspecified atom stereocenters. The van der Waals surface area contributed by atoms with Gasteiger partial charge in [-0.2, -0.15) is 0 Å². The van der Waals surface area contributed by atoms with E-state index < -0.39 is 11.5 Å². The second-order valence-electron chi connectivity index (χ2n) is 8.78. The lowest BCUT2D eigenvalue weighted by Crippen LogP contribution is -2.61. The average Bonchev–Trinajstić information content (AvgIpc) is 2.33. The summed E-state index contributed by atoms with van der Waals surface area (Å²) in [7, 11) is 1.66. The fraction of sp³-hybridized carbons (Fsp3) is 0.882. The summed E-state index contributed by atoms with van der Waals surface area (Å²) in [5.74, 6) is 0.465. The van der Waals surface area contributed by atoms with Gasteiger partial charge >= 0.3 is 5.97 Å². The van der Waals surface area contributed by atoms with Crippen LogP contribution in [0.5, 0.6) is 0 Å². The molecule has 4 heteroatoms. The molecule has 118 valence electrons. The van der Waals surface area contributed by atoms with Gasteiger partial charge in [0.25, 0.3) is 0 Å². The van der Waals surface area contributed by atoms with Crippen molar-refractivity contribution in [2.75, 3.05) is 7.05 Å². The highest BCUT2D eigenvalue weighted by molar-refractivity contribution is 5.89. The van der Waals surface area contributed by atoms with Crippen LogP contribution in [0.25, 0.3) is 0 Å². The zero-order valence-electron chi connectivity index (χ0n) is 13.6. The highest BCUT2D eigenvalue weighted by Gasteiger charge is 2.60. The van der Waals surface area contributed by atoms with E-state index in [1.54, 1.807) is 20.9 Å². The van der Waals surface area contributed by atoms with Gasteiger partial charge in [-0.25, -0.2) is 4.79 Å². The first-order valence-corrected chi connectivity index (χ1v) is 8.10. The van der Waals surface area contributed by atoms with Crippen LogP contribution >= 0.6 is 0 Å². The van der Waals surface area contributed by atoms with E-state index in [2.05, 4.69) is 6.92 Å². The van der Waals surface area contributed by atoms with Crippen LogP contribution in [0.1, 0.15) is 59.3 Å². The predicted molar refractivity (Wildman–Crippen MR) is 79.7 cm³/mol. The van der Waals surface area contributed by atoms with E-state index in [1.807, 2.05) is 0 Å². The normalized spacial score (nSPS) is 41.1. The number of carbonyl (C=O) groups is 2. The predicted octanol–water partition coefficient (Wildman–Crippen LogP) is 2.91. The monoisotopic (exact) mass is 293 g/mol. The van der Waals surface area contributed by atoms with Crippen LogP contribution in [-0.2, 0) is 9.59 Å². The summed E-state index contributed by atoms with van der Waals surface area (Å²) >= 11 is 0. The Morgan fingerprint density at radius 1 is 1.14 bits per heavy atom. The van der Waals surface area contributed by atoms with Crippen molar-refractivity contribution in [3.8, 4) is 0 Å². The first-order chi connectivity index (χ1) is 9.58. The Labute approximate surface area is 126 Å². The largest absolute Gasteiger partial charge is 0.480 e. The first-order valence-electron chi connectivity index (χ1n) is 8.10. The molecule has 1 N–H and O–H groups in total. The number of hydrogen-bond acceptors (Lipinski definition) is 2. The molecule has 4 rings (SSSR count). The zero-order valence-corrected chi connectivity index (χ0v) is 13.6. The van der Waals surface area contributed by atoms with Gasteiger partial charge in [-0.05, 0) is 69.6 Å². The molecule has 4 aliphatic carbocycles. The molecule has 1 amide bonds. The molecule has 0 radical (unpaired) electrons. The van der Waals surface area contributed by atoms with E-state index in [9.17, 15) is 14.7 Å². The molecule has 4 nitrogen and oxygen atoms in total. The summed E-state index contributed by atoms with van der Waals surface area (Å²) < 4.78 is 0. The molecular weight excluding hydrogens is 266 g/mol. The van der Waals surface area contributed by atoms with Crippen LogP contribution in [0, 0.1) is 22.7 Å². The molecule has 0 aromatic rings. The van der Waals surface area contributed by atoms with Crippen LogP contribution in [0.4, 0.5) is 0 Å². The van der Waals surface area contributed by atoms with E-state index >= 15 is 0 Å². The third kappa shape index (κ3) is 2.09. The zero-order chi connectivity index (χ0) is 15.6. The highest BCUT2D eigenvalue weighted by Crippen LogP contribution is 2.65. The third-order valence-electron chi connectivity index (χ3n) is 6.47. The highest BCUT2D eigenvalue weighted by atomic mass is 16.4. The Kier molecular flexibility index (Phi) is 3.00. The number of rotatable bonds is 3. The van der Waals surface area contributed by atoms with Crippen molar-refractivity contribution >= 4 is 11.9 Å². The number of carboxylic acid groups (broad SMARTS) is 1. The van der Waals surface area contributed by atoms with Crippen LogP contribution in [-0.4, -0.2) is 34.5 Å². The molecule has 4 fully saturated rings. The van der Waals surface area contributed by atoms with Gasteiger partial charge in [0.2, 0.25) is 5.91 Å². The number of likely N-dealkylation sites (N-methyl/N-ethyl adjacent to an activating group) is 1. The summed E-state index contributed by atoms with van der Waals surface area (Å²) in [6.07, 6.45) is 6.67. The van der Waals surface area contributed by atoms with E-state index in [-0.39, 0.29) is 11.3 Å². The van der Waals surface area contributed by atoms with Crippen LogP contribution in [0.15, 0.2) is 0 Å². The summed E-state index contributed by atoms with van der Waals surface area (Å²) in [6, 6.07) is 0. The molecule has 2 atom stereocenters. The fourth-order valence-electron chi connectivity index (χ4n) is 5.72. The van der Waals surface area contributed by atoms with Crippen LogP contribution in [0.2, 0.25) is 0 Å². The average molecular weight is 293 g/mol. The van der Waals surface area contributed by atoms with Crippen molar-refractivity contribution in [3.05, 3.63) is 0 Å². The molecule has 0 aromatic heterocycles. The maximum absolute atomic E-state index is 13.2. The number of hydrogen-bond donors (Lipinski definition) is 1. The Hall–Kier alpha value is -1.06. The molecular formula is C17H27NO3. The number of aliphatic carboxylic acids is 1. The summed E-state index contributed by atoms with van der Waals surface area (Å²) in [6.45, 7) is 5.57. The lowest BCUT2D eigenvalue weighted by atomic mass is 9.44. The van der Waals surface area contributed by atoms with E-state index in [1.165, 1.54) is 24.2 Å². The topological polar surface area (TPSA) is 57.6 Å². The van der Waals surface area contributed by atoms with Gasteiger partial charge in [0, 0.05) is 7.05 Å². The summed E-state index contributed by atoms with van der Waals surface area (Å²) in [5.41, 5.74) is -1.13. The lowest BCUT2D eigenvalue weighted by Gasteiger charge is -2.61. The fourth-order valence-corrected chi connectivity index (χ4v) is 5.72. The summed E-state index contributed by atoms with van der Waals surface area (Å²) in [4.78, 5) is 26.1. The molecule has 0 aliphatic heterocycles. The maximum atomic E-state index is 13.2. The number of carboxylic acids is 1. The molecule has 4 saturated carbocycles. The molecule has 0 heterocycles. The van der Waals surface area contributed by atoms with Gasteiger partial charge in [-0.3, -0.25) is 4.79 Å². The second kappa shape index (κ2) is 4.23. The van der Waals surface area contributed by atoms with E-state index in [4.69, 9.17) is 0 Å². The molecule has 0 aromatic carbocycles. The molecule has 0 spiro atoms. The minimum absolute atomic E-state index is 0.0650. The van der Waals surface area contributed by atoms with Gasteiger partial charge in [0.1, 0.15) is 5.54 Å². The van der Waals surface area contributed by atoms with Crippen molar-refractivity contribution in [2.24, 2.45) is 22.7 Å². The van der Waals surface area contributed by atoms with Crippen LogP contribution < -0.4 is 0 Å². The van der Waals surface area contributed by atoms with Crippen molar-refractivity contribution in [1.29, 1.82) is 0 Å². The quantitative estimate of drug-likeness (QED) is 0.870. The Morgan fingerprint density at radius 2 is 1.67 bits per heavy atom. The van der Waals surface area contributed by atoms with E-state index in [0.717, 1.165) is 19.3 Å². The smallest absolute Gasteiger partial charge is 0.329 e. The second-order valence-corrected chi connectivity index (χ2v) is 8.78. The minimum atomic E-state index is -1.14. The van der Waals surface area contributed by atoms with Crippen molar-refractivity contribution in [2.45, 2.75) is 64.8 Å². The number of carbonyl (C=O) groups excluding carboxylic acids is 1. The lowest BCUT2D eigenvalue weighted by molar-refractivity contribution is -0.174. The van der Waals surface area contributed by atoms with Gasteiger partial charge in [-0.15, -0.1) is 0 Å². The third-order valence-corrected chi connectivity index (χ3v) is 6.47. The van der Waals surface area contributed by atoms with Crippen LogP contribution in [0.3, 0.4) is 0 Å². The number of amides is 1. The standard InChI is InChI=1S/C17H27NO3/c1-15(2,14(20)21)18(4)13(19)17-8-11-5-12(9-17)7-16(3,6-11)10-17/h11-12H,5-10H2,1-4H3,(H,20,21). The van der Waals surface area contributed by atoms with Crippen molar-refractivity contribution in [3.63, 3.8) is 0 Å². The molecule has 0 saturated heterocycles. The molecule has 4 bridgehead atoms. The van der Waals surface area contributed by atoms with Gasteiger partial charge in [0.05, 0.1) is 5.41 Å². The van der Waals surface area contributed by atoms with Crippen molar-refractivity contribution < 1.29 is 14.7 Å². The first kappa shape index (κ1) is 14.9. The Balaban J connectivity index is 1.89.